The molecule has 0 unspecified atom stereocenters. The first-order valence-electron chi connectivity index (χ1n) is 7.64. The number of rotatable bonds is 7. The van der Waals surface area contributed by atoms with Gasteiger partial charge in [0.1, 0.15) is 11.5 Å². The average molecular weight is 420 g/mol. The molecule has 2 rings (SSSR count). The van der Waals surface area contributed by atoms with Crippen molar-refractivity contribution in [2.75, 3.05) is 26.1 Å². The predicted octanol–water partition coefficient (Wildman–Crippen LogP) is 3.66. The molecular formula is C19H18BrNO5. The van der Waals surface area contributed by atoms with E-state index in [1.54, 1.807) is 49.6 Å². The van der Waals surface area contributed by atoms with Crippen LogP contribution in [0.5, 0.6) is 11.5 Å². The van der Waals surface area contributed by atoms with Gasteiger partial charge in [0.05, 0.1) is 19.9 Å². The lowest BCUT2D eigenvalue weighted by Crippen LogP contribution is -2.20. The largest absolute Gasteiger partial charge is 0.496 e. The summed E-state index contributed by atoms with van der Waals surface area (Å²) < 4.78 is 16.2. The van der Waals surface area contributed by atoms with Crippen LogP contribution in [-0.4, -0.2) is 32.7 Å². The highest BCUT2D eigenvalue weighted by molar-refractivity contribution is 9.10. The lowest BCUT2D eigenvalue weighted by molar-refractivity contribution is -0.142. The van der Waals surface area contributed by atoms with Crippen molar-refractivity contribution in [3.8, 4) is 11.5 Å². The highest BCUT2D eigenvalue weighted by atomic mass is 79.9. The molecule has 1 amide bonds. The highest BCUT2D eigenvalue weighted by Crippen LogP contribution is 2.24. The summed E-state index contributed by atoms with van der Waals surface area (Å²) in [5, 5.41) is 2.62. The molecule has 0 aliphatic rings. The topological polar surface area (TPSA) is 73.9 Å². The van der Waals surface area contributed by atoms with E-state index in [2.05, 4.69) is 21.2 Å². The molecule has 0 bridgehead atoms. The Kier molecular flexibility index (Phi) is 7.23. The first kappa shape index (κ1) is 19.5. The maximum atomic E-state index is 11.9. The quantitative estimate of drug-likeness (QED) is 0.547. The molecule has 0 spiro atoms. The number of carbonyl (C=O) groups excluding carboxylic acids is 2. The minimum absolute atomic E-state index is 0.406. The first-order valence-corrected chi connectivity index (χ1v) is 8.44. The van der Waals surface area contributed by atoms with E-state index in [-0.39, 0.29) is 0 Å². The van der Waals surface area contributed by atoms with Crippen molar-refractivity contribution in [2.45, 2.75) is 0 Å². The fourth-order valence-electron chi connectivity index (χ4n) is 2.11. The zero-order valence-electron chi connectivity index (χ0n) is 14.3. The van der Waals surface area contributed by atoms with Crippen LogP contribution in [-0.2, 0) is 14.3 Å². The first-order chi connectivity index (χ1) is 12.5. The Morgan fingerprint density at radius 2 is 1.81 bits per heavy atom. The minimum atomic E-state index is -0.637. The van der Waals surface area contributed by atoms with Crippen LogP contribution in [0.2, 0.25) is 0 Å². The Bertz CT molecular complexity index is 819. The number of amides is 1. The van der Waals surface area contributed by atoms with Gasteiger partial charge in [-0.15, -0.1) is 0 Å². The van der Waals surface area contributed by atoms with Crippen LogP contribution in [0.3, 0.4) is 0 Å². The second-order valence-electron chi connectivity index (χ2n) is 5.08. The molecule has 7 heteroatoms. The Morgan fingerprint density at radius 1 is 1.08 bits per heavy atom. The molecule has 0 heterocycles. The third kappa shape index (κ3) is 5.63. The van der Waals surface area contributed by atoms with Gasteiger partial charge in [-0.05, 0) is 36.4 Å². The molecule has 0 saturated heterocycles. The van der Waals surface area contributed by atoms with Crippen molar-refractivity contribution >= 4 is 39.6 Å². The van der Waals surface area contributed by atoms with Crippen LogP contribution >= 0.6 is 15.9 Å². The Balaban J connectivity index is 1.90. The number of hydrogen-bond donors (Lipinski definition) is 1. The molecule has 26 heavy (non-hydrogen) atoms. The van der Waals surface area contributed by atoms with Crippen molar-refractivity contribution < 1.29 is 23.8 Å². The Hall–Kier alpha value is -2.80. The number of benzene rings is 2. The number of anilines is 1. The predicted molar refractivity (Wildman–Crippen MR) is 102 cm³/mol. The number of nitrogens with one attached hydrogen (secondary N) is 1. The monoisotopic (exact) mass is 419 g/mol. The summed E-state index contributed by atoms with van der Waals surface area (Å²) in [6.07, 6.45) is 2.80. The van der Waals surface area contributed by atoms with E-state index in [1.807, 2.05) is 6.07 Å². The zero-order chi connectivity index (χ0) is 18.9. The highest BCUT2D eigenvalue weighted by Gasteiger charge is 2.09. The Labute approximate surface area is 159 Å². The molecular weight excluding hydrogens is 402 g/mol. The number of hydrogen-bond acceptors (Lipinski definition) is 5. The van der Waals surface area contributed by atoms with E-state index < -0.39 is 18.5 Å². The van der Waals surface area contributed by atoms with Crippen molar-refractivity contribution in [3.63, 3.8) is 0 Å². The summed E-state index contributed by atoms with van der Waals surface area (Å²) >= 11 is 3.36. The van der Waals surface area contributed by atoms with E-state index >= 15 is 0 Å². The minimum Gasteiger partial charge on any atom is -0.496 e. The number of esters is 1. The number of methoxy groups -OCH3 is 2. The van der Waals surface area contributed by atoms with Crippen LogP contribution in [0.1, 0.15) is 5.56 Å². The van der Waals surface area contributed by atoms with E-state index in [9.17, 15) is 9.59 Å². The second-order valence-corrected chi connectivity index (χ2v) is 5.99. The fourth-order valence-corrected chi connectivity index (χ4v) is 2.49. The Morgan fingerprint density at radius 3 is 2.54 bits per heavy atom. The van der Waals surface area contributed by atoms with Gasteiger partial charge in [0.15, 0.2) is 6.61 Å². The SMILES string of the molecule is COc1ccc(Br)cc1/C=C/C(=O)OCC(=O)Nc1ccccc1OC. The fraction of sp³-hybridized carbons (Fsp3) is 0.158. The number of ether oxygens (including phenoxy) is 3. The molecule has 0 aromatic heterocycles. The maximum Gasteiger partial charge on any atom is 0.331 e. The molecule has 0 fully saturated rings. The van der Waals surface area contributed by atoms with Gasteiger partial charge < -0.3 is 19.5 Å². The average Bonchev–Trinajstić information content (AvgIpc) is 2.65. The summed E-state index contributed by atoms with van der Waals surface area (Å²) in [4.78, 5) is 23.7. The van der Waals surface area contributed by atoms with Crippen LogP contribution < -0.4 is 14.8 Å². The van der Waals surface area contributed by atoms with Crippen LogP contribution in [0.15, 0.2) is 53.0 Å². The van der Waals surface area contributed by atoms with Gasteiger partial charge in [-0.3, -0.25) is 4.79 Å². The smallest absolute Gasteiger partial charge is 0.331 e. The molecule has 0 saturated carbocycles. The molecule has 0 aliphatic heterocycles. The van der Waals surface area contributed by atoms with Crippen molar-refractivity contribution in [1.82, 2.24) is 0 Å². The van der Waals surface area contributed by atoms with Crippen molar-refractivity contribution in [3.05, 3.63) is 58.6 Å². The van der Waals surface area contributed by atoms with Gasteiger partial charge >= 0.3 is 5.97 Å². The van der Waals surface area contributed by atoms with E-state index in [0.717, 1.165) is 4.47 Å². The summed E-state index contributed by atoms with van der Waals surface area (Å²) in [6.45, 7) is -0.406. The molecule has 0 atom stereocenters. The normalized spacial score (nSPS) is 10.4. The summed E-state index contributed by atoms with van der Waals surface area (Å²) in [6, 6.07) is 12.4. The standard InChI is InChI=1S/C19H18BrNO5/c1-24-16-9-8-14(20)11-13(16)7-10-19(23)26-12-18(22)21-15-5-3-4-6-17(15)25-2/h3-11H,12H2,1-2H3,(H,21,22)/b10-7+. The molecule has 6 nitrogen and oxygen atoms in total. The van der Waals surface area contributed by atoms with E-state index in [1.165, 1.54) is 13.2 Å². The number of carbonyl (C=O) groups is 2. The summed E-state index contributed by atoms with van der Waals surface area (Å²) in [5.41, 5.74) is 1.21. The van der Waals surface area contributed by atoms with Gasteiger partial charge in [0, 0.05) is 16.1 Å². The zero-order valence-corrected chi connectivity index (χ0v) is 15.9. The third-order valence-electron chi connectivity index (χ3n) is 3.32. The number of halogens is 1. The van der Waals surface area contributed by atoms with Gasteiger partial charge in [0.2, 0.25) is 0 Å². The molecule has 0 aliphatic carbocycles. The summed E-state index contributed by atoms with van der Waals surface area (Å²) in [7, 11) is 3.05. The molecule has 0 radical (unpaired) electrons. The number of para-hydroxylation sites is 2. The molecule has 2 aromatic carbocycles. The van der Waals surface area contributed by atoms with Crippen LogP contribution in [0.25, 0.3) is 6.08 Å². The third-order valence-corrected chi connectivity index (χ3v) is 3.81. The van der Waals surface area contributed by atoms with Crippen LogP contribution in [0, 0.1) is 0 Å². The van der Waals surface area contributed by atoms with Gasteiger partial charge in [0.25, 0.3) is 5.91 Å². The van der Waals surface area contributed by atoms with Crippen molar-refractivity contribution in [2.24, 2.45) is 0 Å². The molecule has 136 valence electrons. The lowest BCUT2D eigenvalue weighted by atomic mass is 10.2. The summed E-state index contributed by atoms with van der Waals surface area (Å²) in [5.74, 6) is 0.0403. The van der Waals surface area contributed by atoms with Gasteiger partial charge in [-0.1, -0.05) is 28.1 Å². The van der Waals surface area contributed by atoms with Gasteiger partial charge in [-0.25, -0.2) is 4.79 Å². The lowest BCUT2D eigenvalue weighted by Gasteiger charge is -2.09. The van der Waals surface area contributed by atoms with E-state index in [0.29, 0.717) is 22.7 Å². The van der Waals surface area contributed by atoms with Crippen molar-refractivity contribution in [1.29, 1.82) is 0 Å². The van der Waals surface area contributed by atoms with E-state index in [4.69, 9.17) is 14.2 Å². The second kappa shape index (κ2) is 9.62. The van der Waals surface area contributed by atoms with Gasteiger partial charge in [-0.2, -0.15) is 0 Å². The van der Waals surface area contributed by atoms with Crippen LogP contribution in [0.4, 0.5) is 5.69 Å². The maximum absolute atomic E-state index is 11.9. The molecule has 2 aromatic rings. The molecule has 1 N–H and O–H groups in total.